The predicted octanol–water partition coefficient (Wildman–Crippen LogP) is 1.69. The molecule has 1 N–H and O–H groups in total. The van der Waals surface area contributed by atoms with Crippen molar-refractivity contribution in [1.29, 1.82) is 0 Å². The molecule has 1 aromatic heterocycles. The molecule has 3 heterocycles. The first-order valence-electron chi connectivity index (χ1n) is 7.49. The van der Waals surface area contributed by atoms with E-state index >= 15 is 0 Å². The fourth-order valence-electron chi connectivity index (χ4n) is 3.31. The number of hydrogen-bond acceptors (Lipinski definition) is 4. The highest BCUT2D eigenvalue weighted by atomic mass is 16.6. The standard InChI is InChI=1S/C15H24N4O2/c1-14(2,3)21-13(20)19-6-5-15(10-19)9-16-12(15)11-7-17-18(4)8-11/h7-8,12,16H,5-6,9-10H2,1-4H3/t12-,15-/m1/s1. The monoisotopic (exact) mass is 292 g/mol. The van der Waals surface area contributed by atoms with Crippen LogP contribution in [0, 0.1) is 5.41 Å². The first-order valence-corrected chi connectivity index (χ1v) is 7.49. The van der Waals surface area contributed by atoms with Crippen LogP contribution >= 0.6 is 0 Å². The van der Waals surface area contributed by atoms with Crippen molar-refractivity contribution in [2.75, 3.05) is 19.6 Å². The third-order valence-electron chi connectivity index (χ3n) is 4.37. The van der Waals surface area contributed by atoms with Gasteiger partial charge in [-0.25, -0.2) is 4.79 Å². The number of rotatable bonds is 1. The van der Waals surface area contributed by atoms with Crippen molar-refractivity contribution in [1.82, 2.24) is 20.0 Å². The lowest BCUT2D eigenvalue weighted by Gasteiger charge is -2.47. The van der Waals surface area contributed by atoms with Crippen LogP contribution in [0.1, 0.15) is 38.8 Å². The van der Waals surface area contributed by atoms with Gasteiger partial charge in [-0.2, -0.15) is 5.10 Å². The van der Waals surface area contributed by atoms with Crippen LogP contribution in [-0.2, 0) is 11.8 Å². The Balaban J connectivity index is 1.67. The molecule has 1 amide bonds. The van der Waals surface area contributed by atoms with E-state index in [2.05, 4.69) is 16.6 Å². The van der Waals surface area contributed by atoms with Crippen LogP contribution in [0.5, 0.6) is 0 Å². The number of ether oxygens (including phenoxy) is 1. The molecule has 6 heteroatoms. The quantitative estimate of drug-likeness (QED) is 0.856. The number of likely N-dealkylation sites (tertiary alicyclic amines) is 1. The molecule has 2 saturated heterocycles. The second-order valence-electron chi connectivity index (χ2n) is 7.28. The van der Waals surface area contributed by atoms with Gasteiger partial charge in [0.15, 0.2) is 0 Å². The molecule has 6 nitrogen and oxygen atoms in total. The summed E-state index contributed by atoms with van der Waals surface area (Å²) in [6.45, 7) is 8.19. The van der Waals surface area contributed by atoms with Crippen LogP contribution in [0.3, 0.4) is 0 Å². The zero-order valence-electron chi connectivity index (χ0n) is 13.2. The van der Waals surface area contributed by atoms with Gasteiger partial charge in [0.2, 0.25) is 0 Å². The lowest BCUT2D eigenvalue weighted by Crippen LogP contribution is -2.57. The largest absolute Gasteiger partial charge is 0.444 e. The second-order valence-corrected chi connectivity index (χ2v) is 7.28. The lowest BCUT2D eigenvalue weighted by atomic mass is 9.70. The van der Waals surface area contributed by atoms with Crippen LogP contribution in [-0.4, -0.2) is 46.0 Å². The van der Waals surface area contributed by atoms with Crippen molar-refractivity contribution in [2.45, 2.75) is 38.8 Å². The van der Waals surface area contributed by atoms with Crippen molar-refractivity contribution >= 4 is 6.09 Å². The number of carbonyl (C=O) groups excluding carboxylic acids is 1. The van der Waals surface area contributed by atoms with Gasteiger partial charge in [0.1, 0.15) is 5.60 Å². The molecule has 2 atom stereocenters. The van der Waals surface area contributed by atoms with Gasteiger partial charge in [-0.3, -0.25) is 4.68 Å². The summed E-state index contributed by atoms with van der Waals surface area (Å²) in [5, 5.41) is 7.73. The Morgan fingerprint density at radius 2 is 2.29 bits per heavy atom. The van der Waals surface area contributed by atoms with Crippen LogP contribution in [0.4, 0.5) is 4.79 Å². The molecule has 0 bridgehead atoms. The third kappa shape index (κ3) is 2.64. The van der Waals surface area contributed by atoms with Crippen molar-refractivity contribution in [3.05, 3.63) is 18.0 Å². The Bertz CT molecular complexity index is 548. The molecule has 116 valence electrons. The second kappa shape index (κ2) is 4.73. The number of amides is 1. The predicted molar refractivity (Wildman–Crippen MR) is 78.8 cm³/mol. The first kappa shape index (κ1) is 14.4. The van der Waals surface area contributed by atoms with Gasteiger partial charge in [0.05, 0.1) is 6.20 Å². The number of nitrogens with one attached hydrogen (secondary N) is 1. The van der Waals surface area contributed by atoms with Gasteiger partial charge in [-0.1, -0.05) is 0 Å². The normalized spacial score (nSPS) is 28.8. The van der Waals surface area contributed by atoms with E-state index in [0.29, 0.717) is 6.04 Å². The minimum absolute atomic E-state index is 0.139. The van der Waals surface area contributed by atoms with Crippen molar-refractivity contribution in [3.8, 4) is 0 Å². The Morgan fingerprint density at radius 1 is 1.52 bits per heavy atom. The Labute approximate surface area is 125 Å². The summed E-state index contributed by atoms with van der Waals surface area (Å²) in [4.78, 5) is 14.0. The van der Waals surface area contributed by atoms with Gasteiger partial charge in [0.25, 0.3) is 0 Å². The minimum atomic E-state index is -0.437. The molecule has 0 saturated carbocycles. The van der Waals surface area contributed by atoms with E-state index in [4.69, 9.17) is 4.74 Å². The molecule has 0 aromatic carbocycles. The lowest BCUT2D eigenvalue weighted by molar-refractivity contribution is 0.0216. The maximum Gasteiger partial charge on any atom is 0.410 e. The van der Waals surface area contributed by atoms with Gasteiger partial charge in [-0.05, 0) is 27.2 Å². The van der Waals surface area contributed by atoms with Crippen LogP contribution in [0.2, 0.25) is 0 Å². The topological polar surface area (TPSA) is 59.4 Å². The molecular formula is C15H24N4O2. The summed E-state index contributed by atoms with van der Waals surface area (Å²) >= 11 is 0. The number of aromatic nitrogens is 2. The molecule has 1 aromatic rings. The van der Waals surface area contributed by atoms with Crippen molar-refractivity contribution in [3.63, 3.8) is 0 Å². The molecular weight excluding hydrogens is 268 g/mol. The minimum Gasteiger partial charge on any atom is -0.444 e. The highest BCUT2D eigenvalue weighted by Gasteiger charge is 2.53. The molecule has 3 rings (SSSR count). The summed E-state index contributed by atoms with van der Waals surface area (Å²) in [7, 11) is 1.93. The van der Waals surface area contributed by atoms with E-state index in [1.54, 1.807) is 0 Å². The molecule has 21 heavy (non-hydrogen) atoms. The van der Waals surface area contributed by atoms with Crippen LogP contribution in [0.25, 0.3) is 0 Å². The molecule has 0 radical (unpaired) electrons. The first-order chi connectivity index (χ1) is 9.79. The van der Waals surface area contributed by atoms with Crippen LogP contribution < -0.4 is 5.32 Å². The number of aryl methyl sites for hydroxylation is 1. The van der Waals surface area contributed by atoms with E-state index in [-0.39, 0.29) is 11.5 Å². The Morgan fingerprint density at radius 3 is 2.81 bits per heavy atom. The summed E-state index contributed by atoms with van der Waals surface area (Å²) < 4.78 is 7.30. The third-order valence-corrected chi connectivity index (χ3v) is 4.37. The molecule has 2 aliphatic rings. The van der Waals surface area contributed by atoms with Gasteiger partial charge in [0, 0.05) is 49.9 Å². The number of nitrogens with zero attached hydrogens (tertiary/aromatic N) is 3. The van der Waals surface area contributed by atoms with Gasteiger partial charge in [-0.15, -0.1) is 0 Å². The van der Waals surface area contributed by atoms with Crippen molar-refractivity contribution < 1.29 is 9.53 Å². The molecule has 2 fully saturated rings. The maximum atomic E-state index is 12.2. The fourth-order valence-corrected chi connectivity index (χ4v) is 3.31. The average molecular weight is 292 g/mol. The van der Waals surface area contributed by atoms with E-state index in [9.17, 15) is 4.79 Å². The maximum absolute atomic E-state index is 12.2. The van der Waals surface area contributed by atoms with E-state index < -0.39 is 5.60 Å². The number of hydrogen-bond donors (Lipinski definition) is 1. The smallest absolute Gasteiger partial charge is 0.410 e. The number of carbonyl (C=O) groups is 1. The summed E-state index contributed by atoms with van der Waals surface area (Å²) in [5.74, 6) is 0. The van der Waals surface area contributed by atoms with Gasteiger partial charge < -0.3 is 15.0 Å². The van der Waals surface area contributed by atoms with E-state index in [1.165, 1.54) is 5.56 Å². The SMILES string of the molecule is Cn1cc([C@H]2NC[C@@]23CCN(C(=O)OC(C)(C)C)C3)cn1. The summed E-state index contributed by atoms with van der Waals surface area (Å²) in [5.41, 5.74) is 0.905. The average Bonchev–Trinajstić information content (AvgIpc) is 2.94. The van der Waals surface area contributed by atoms with E-state index in [1.807, 2.05) is 43.6 Å². The highest BCUT2D eigenvalue weighted by molar-refractivity contribution is 5.68. The molecule has 0 aliphatic carbocycles. The molecule has 0 unspecified atom stereocenters. The fraction of sp³-hybridized carbons (Fsp3) is 0.733. The zero-order chi connectivity index (χ0) is 15.3. The van der Waals surface area contributed by atoms with Crippen molar-refractivity contribution in [2.24, 2.45) is 12.5 Å². The Hall–Kier alpha value is -1.56. The zero-order valence-corrected chi connectivity index (χ0v) is 13.2. The van der Waals surface area contributed by atoms with Gasteiger partial charge >= 0.3 is 6.09 Å². The summed E-state index contributed by atoms with van der Waals surface area (Å²) in [6, 6.07) is 0.290. The van der Waals surface area contributed by atoms with E-state index in [0.717, 1.165) is 26.1 Å². The Kier molecular flexibility index (Phi) is 3.24. The summed E-state index contributed by atoms with van der Waals surface area (Å²) in [6.07, 6.45) is 4.78. The molecule has 2 aliphatic heterocycles. The highest BCUT2D eigenvalue weighted by Crippen LogP contribution is 2.47. The molecule has 1 spiro atoms. The van der Waals surface area contributed by atoms with Crippen LogP contribution in [0.15, 0.2) is 12.4 Å².